The van der Waals surface area contributed by atoms with Crippen molar-refractivity contribution in [2.75, 3.05) is 13.1 Å². The van der Waals surface area contributed by atoms with E-state index >= 15 is 0 Å². The Labute approximate surface area is 158 Å². The fourth-order valence-electron chi connectivity index (χ4n) is 3.85. The lowest BCUT2D eigenvalue weighted by atomic mass is 9.87. The summed E-state index contributed by atoms with van der Waals surface area (Å²) in [5, 5.41) is 10.6. The molecule has 1 fully saturated rings. The highest BCUT2D eigenvalue weighted by Crippen LogP contribution is 2.25. The summed E-state index contributed by atoms with van der Waals surface area (Å²) in [5.41, 5.74) is 3.13. The van der Waals surface area contributed by atoms with Gasteiger partial charge >= 0.3 is 0 Å². The molecule has 0 saturated carbocycles. The minimum absolute atomic E-state index is 0.00269. The third-order valence-electron chi connectivity index (χ3n) is 5.39. The standard InChI is InChI=1S/C22H23N3O2/c26-20(15-16-5-2-1-3-6-16)17-9-13-25(14-10-17)22(27)18-7-4-8-19-21(18)24-12-11-23-19/h1-8,11-12,17,20,26H,9-10,13-15H2/t20-/m1/s1. The van der Waals surface area contributed by atoms with Gasteiger partial charge in [0.2, 0.25) is 0 Å². The van der Waals surface area contributed by atoms with Crippen molar-refractivity contribution < 1.29 is 9.90 Å². The molecule has 2 heterocycles. The van der Waals surface area contributed by atoms with Crippen LogP contribution in [0.4, 0.5) is 0 Å². The average Bonchev–Trinajstić information content (AvgIpc) is 2.73. The zero-order chi connectivity index (χ0) is 18.6. The van der Waals surface area contributed by atoms with Crippen LogP contribution in [0.2, 0.25) is 0 Å². The highest BCUT2D eigenvalue weighted by Gasteiger charge is 2.28. The van der Waals surface area contributed by atoms with E-state index in [-0.39, 0.29) is 17.9 Å². The van der Waals surface area contributed by atoms with Gasteiger partial charge in [-0.3, -0.25) is 14.8 Å². The van der Waals surface area contributed by atoms with Gasteiger partial charge in [-0.1, -0.05) is 36.4 Å². The lowest BCUT2D eigenvalue weighted by Crippen LogP contribution is -2.41. The zero-order valence-electron chi connectivity index (χ0n) is 15.2. The number of carbonyl (C=O) groups is 1. The van der Waals surface area contributed by atoms with Crippen LogP contribution < -0.4 is 0 Å². The van der Waals surface area contributed by atoms with Crippen molar-refractivity contribution in [3.63, 3.8) is 0 Å². The summed E-state index contributed by atoms with van der Waals surface area (Å²) in [6, 6.07) is 15.6. The van der Waals surface area contributed by atoms with E-state index in [2.05, 4.69) is 9.97 Å². The van der Waals surface area contributed by atoms with E-state index in [1.807, 2.05) is 53.4 Å². The minimum atomic E-state index is -0.368. The monoisotopic (exact) mass is 361 g/mol. The molecule has 4 rings (SSSR count). The number of benzene rings is 2. The first-order chi connectivity index (χ1) is 13.2. The number of hydrogen-bond donors (Lipinski definition) is 1. The summed E-state index contributed by atoms with van der Waals surface area (Å²) in [4.78, 5) is 23.5. The number of hydrogen-bond acceptors (Lipinski definition) is 4. The molecule has 1 amide bonds. The Morgan fingerprint density at radius 1 is 1.04 bits per heavy atom. The van der Waals surface area contributed by atoms with Crippen molar-refractivity contribution in [2.24, 2.45) is 5.92 Å². The van der Waals surface area contributed by atoms with E-state index in [4.69, 9.17) is 0 Å². The van der Waals surface area contributed by atoms with Crippen molar-refractivity contribution in [3.05, 3.63) is 72.1 Å². The lowest BCUT2D eigenvalue weighted by molar-refractivity contribution is 0.0468. The molecule has 3 aromatic rings. The third-order valence-corrected chi connectivity index (χ3v) is 5.39. The molecule has 1 aliphatic heterocycles. The molecular weight excluding hydrogens is 338 g/mol. The van der Waals surface area contributed by atoms with Crippen LogP contribution in [0.25, 0.3) is 11.0 Å². The fourth-order valence-corrected chi connectivity index (χ4v) is 3.85. The van der Waals surface area contributed by atoms with Crippen molar-refractivity contribution in [1.82, 2.24) is 14.9 Å². The number of amides is 1. The summed E-state index contributed by atoms with van der Waals surface area (Å²) in [5.74, 6) is 0.221. The summed E-state index contributed by atoms with van der Waals surface area (Å²) in [7, 11) is 0. The molecule has 0 spiro atoms. The van der Waals surface area contributed by atoms with Gasteiger partial charge in [0.1, 0.15) is 5.52 Å². The number of para-hydroxylation sites is 1. The molecule has 0 aliphatic carbocycles. The highest BCUT2D eigenvalue weighted by molar-refractivity contribution is 6.04. The lowest BCUT2D eigenvalue weighted by Gasteiger charge is -2.34. The number of aliphatic hydroxyl groups excluding tert-OH is 1. The smallest absolute Gasteiger partial charge is 0.256 e. The Hall–Kier alpha value is -2.79. The van der Waals surface area contributed by atoms with Gasteiger partial charge in [0.05, 0.1) is 17.2 Å². The molecule has 1 aliphatic rings. The molecule has 138 valence electrons. The van der Waals surface area contributed by atoms with Crippen LogP contribution >= 0.6 is 0 Å². The maximum absolute atomic E-state index is 13.0. The predicted octanol–water partition coefficient (Wildman–Crippen LogP) is 3.09. The van der Waals surface area contributed by atoms with E-state index < -0.39 is 0 Å². The van der Waals surface area contributed by atoms with Gasteiger partial charge < -0.3 is 10.0 Å². The maximum atomic E-state index is 13.0. The van der Waals surface area contributed by atoms with Crippen LogP contribution in [0, 0.1) is 5.92 Å². The van der Waals surface area contributed by atoms with Gasteiger partial charge in [0.15, 0.2) is 0 Å². The molecule has 0 radical (unpaired) electrons. The molecule has 0 unspecified atom stereocenters. The van der Waals surface area contributed by atoms with E-state index in [9.17, 15) is 9.90 Å². The number of carbonyl (C=O) groups excluding carboxylic acids is 1. The summed E-state index contributed by atoms with van der Waals surface area (Å²) in [6.45, 7) is 1.32. The Morgan fingerprint density at radius 3 is 2.56 bits per heavy atom. The van der Waals surface area contributed by atoms with Gasteiger partial charge in [0.25, 0.3) is 5.91 Å². The molecule has 1 atom stereocenters. The molecule has 1 saturated heterocycles. The first kappa shape index (κ1) is 17.6. The molecule has 5 nitrogen and oxygen atoms in total. The van der Waals surface area contributed by atoms with Crippen molar-refractivity contribution in [1.29, 1.82) is 0 Å². The predicted molar refractivity (Wildman–Crippen MR) is 104 cm³/mol. The molecule has 27 heavy (non-hydrogen) atoms. The van der Waals surface area contributed by atoms with Gasteiger partial charge in [-0.05, 0) is 42.9 Å². The Balaban J connectivity index is 1.40. The van der Waals surface area contributed by atoms with Gasteiger partial charge in [0, 0.05) is 25.5 Å². The Kier molecular flexibility index (Phi) is 5.12. The second-order valence-electron chi connectivity index (χ2n) is 7.12. The number of likely N-dealkylation sites (tertiary alicyclic amines) is 1. The van der Waals surface area contributed by atoms with Crippen molar-refractivity contribution >= 4 is 16.9 Å². The van der Waals surface area contributed by atoms with E-state index in [0.29, 0.717) is 30.6 Å². The Bertz CT molecular complexity index is 916. The SMILES string of the molecule is O=C(c1cccc2nccnc12)N1CCC([C@H](O)Cc2ccccc2)CC1. The highest BCUT2D eigenvalue weighted by atomic mass is 16.3. The number of fused-ring (bicyclic) bond motifs is 1. The number of aliphatic hydroxyl groups is 1. The minimum Gasteiger partial charge on any atom is -0.392 e. The van der Waals surface area contributed by atoms with Gasteiger partial charge in [-0.25, -0.2) is 0 Å². The van der Waals surface area contributed by atoms with Crippen LogP contribution in [0.15, 0.2) is 60.9 Å². The third kappa shape index (κ3) is 3.83. The number of piperidine rings is 1. The zero-order valence-corrected chi connectivity index (χ0v) is 15.2. The molecule has 1 aromatic heterocycles. The first-order valence-electron chi connectivity index (χ1n) is 9.43. The summed E-state index contributed by atoms with van der Waals surface area (Å²) < 4.78 is 0. The number of nitrogens with zero attached hydrogens (tertiary/aromatic N) is 3. The first-order valence-corrected chi connectivity index (χ1v) is 9.43. The number of aromatic nitrogens is 2. The maximum Gasteiger partial charge on any atom is 0.256 e. The second-order valence-corrected chi connectivity index (χ2v) is 7.12. The quantitative estimate of drug-likeness (QED) is 0.775. The summed E-state index contributed by atoms with van der Waals surface area (Å²) >= 11 is 0. The van der Waals surface area contributed by atoms with Crippen molar-refractivity contribution in [2.45, 2.75) is 25.4 Å². The Morgan fingerprint density at radius 2 is 1.78 bits per heavy atom. The molecule has 1 N–H and O–H groups in total. The normalized spacial score (nSPS) is 16.4. The molecule has 0 bridgehead atoms. The average molecular weight is 361 g/mol. The van der Waals surface area contributed by atoms with Gasteiger partial charge in [-0.2, -0.15) is 0 Å². The fraction of sp³-hybridized carbons (Fsp3) is 0.318. The van der Waals surface area contributed by atoms with Crippen LogP contribution in [0.1, 0.15) is 28.8 Å². The van der Waals surface area contributed by atoms with E-state index in [0.717, 1.165) is 23.9 Å². The largest absolute Gasteiger partial charge is 0.392 e. The van der Waals surface area contributed by atoms with Crippen LogP contribution in [0.5, 0.6) is 0 Å². The van der Waals surface area contributed by atoms with Crippen LogP contribution in [-0.4, -0.2) is 45.1 Å². The van der Waals surface area contributed by atoms with Crippen LogP contribution in [-0.2, 0) is 6.42 Å². The van der Waals surface area contributed by atoms with Gasteiger partial charge in [-0.15, -0.1) is 0 Å². The topological polar surface area (TPSA) is 66.3 Å². The second kappa shape index (κ2) is 7.84. The molecular formula is C22H23N3O2. The molecule has 2 aromatic carbocycles. The van der Waals surface area contributed by atoms with E-state index in [1.165, 1.54) is 0 Å². The summed E-state index contributed by atoms with van der Waals surface area (Å²) in [6.07, 6.45) is 5.18. The van der Waals surface area contributed by atoms with Crippen LogP contribution in [0.3, 0.4) is 0 Å². The molecule has 5 heteroatoms. The van der Waals surface area contributed by atoms with Crippen molar-refractivity contribution in [3.8, 4) is 0 Å². The number of rotatable bonds is 4. The van der Waals surface area contributed by atoms with E-state index in [1.54, 1.807) is 12.4 Å².